The van der Waals surface area contributed by atoms with Crippen molar-refractivity contribution < 1.29 is 89.4 Å². The summed E-state index contributed by atoms with van der Waals surface area (Å²) < 4.78 is 34.5. The zero-order valence-corrected chi connectivity index (χ0v) is 73.9. The van der Waals surface area contributed by atoms with Crippen LogP contribution >= 0.6 is 0 Å². The van der Waals surface area contributed by atoms with Gasteiger partial charge in [0.2, 0.25) is 5.91 Å². The zero-order chi connectivity index (χ0) is 84.5. The molecule has 117 heavy (non-hydrogen) atoms. The Labute approximate surface area is 711 Å². The third-order valence-electron chi connectivity index (χ3n) is 23.7. The maximum absolute atomic E-state index is 13.5. The number of unbranched alkanes of at least 4 members (excludes halogenated alkanes) is 51. The smallest absolute Gasteiger partial charge is 0.220 e. The molecule has 0 bridgehead atoms. The predicted octanol–water partition coefficient (Wildman–Crippen LogP) is 19.6. The highest BCUT2D eigenvalue weighted by molar-refractivity contribution is 5.76. The van der Waals surface area contributed by atoms with E-state index in [1.807, 2.05) is 6.08 Å². The van der Waals surface area contributed by atoms with Crippen molar-refractivity contribution in [2.45, 2.75) is 503 Å². The van der Waals surface area contributed by atoms with Gasteiger partial charge in [-0.2, -0.15) is 0 Å². The first-order chi connectivity index (χ1) is 57.3. The molecule has 0 aliphatic carbocycles. The van der Waals surface area contributed by atoms with E-state index >= 15 is 0 Å². The Hall–Kier alpha value is -3.03. The van der Waals surface area contributed by atoms with E-state index in [-0.39, 0.29) is 18.9 Å². The van der Waals surface area contributed by atoms with Gasteiger partial charge in [-0.25, -0.2) is 0 Å². The van der Waals surface area contributed by atoms with Gasteiger partial charge >= 0.3 is 0 Å². The van der Waals surface area contributed by atoms with E-state index in [1.54, 1.807) is 6.08 Å². The molecule has 682 valence electrons. The Morgan fingerprint density at radius 2 is 0.598 bits per heavy atom. The van der Waals surface area contributed by atoms with Gasteiger partial charge in [-0.1, -0.05) is 394 Å². The number of hydrogen-bond acceptors (Lipinski definition) is 18. The molecule has 17 atom stereocenters. The lowest BCUT2D eigenvalue weighted by Gasteiger charge is -2.48. The molecule has 3 heterocycles. The van der Waals surface area contributed by atoms with Crippen molar-refractivity contribution in [3.05, 3.63) is 85.1 Å². The number of allylic oxidation sites excluding steroid dienone is 13. The SMILES string of the molecule is CC/C=C\C/C=C\C/C=C\C/C=C\CCCCCCCCCCCCCCCCCCCCCCCCCCCCCCC(=O)NC(COC1OC(CO)C(OC2OC(CO)C(OC3OC(CO)C(O)C(O)C3O)C(O)C2O)C(O)C1O)C(O)/C=C/CC/C=C/CC/C=C/CCCCCCCCCCCCCCCCCCCCCCC. The van der Waals surface area contributed by atoms with Crippen LogP contribution in [0.25, 0.3) is 0 Å². The van der Waals surface area contributed by atoms with Crippen LogP contribution in [0.3, 0.4) is 0 Å². The average molecular weight is 1660 g/mol. The molecule has 19 nitrogen and oxygen atoms in total. The van der Waals surface area contributed by atoms with Gasteiger partial charge in [-0.05, 0) is 83.5 Å². The van der Waals surface area contributed by atoms with Gasteiger partial charge in [0.15, 0.2) is 18.9 Å². The van der Waals surface area contributed by atoms with Crippen LogP contribution in [0.1, 0.15) is 399 Å². The van der Waals surface area contributed by atoms with Gasteiger partial charge < -0.3 is 89.9 Å². The third-order valence-corrected chi connectivity index (χ3v) is 23.7. The van der Waals surface area contributed by atoms with Crippen LogP contribution in [0.4, 0.5) is 0 Å². The summed E-state index contributed by atoms with van der Waals surface area (Å²) in [5.74, 6) is -0.283. The van der Waals surface area contributed by atoms with Crippen molar-refractivity contribution >= 4 is 5.91 Å². The van der Waals surface area contributed by atoms with E-state index < -0.39 is 124 Å². The van der Waals surface area contributed by atoms with E-state index in [2.05, 4.69) is 92.1 Å². The molecule has 0 aromatic heterocycles. The molecule has 0 saturated carbocycles. The second-order valence-corrected chi connectivity index (χ2v) is 34.1. The second kappa shape index (κ2) is 76.6. The zero-order valence-electron chi connectivity index (χ0n) is 73.9. The lowest BCUT2D eigenvalue weighted by Crippen LogP contribution is -2.66. The van der Waals surface area contributed by atoms with Crippen LogP contribution in [0.15, 0.2) is 85.1 Å². The number of aliphatic hydroxyl groups excluding tert-OH is 11. The number of amides is 1. The summed E-state index contributed by atoms with van der Waals surface area (Å²) >= 11 is 0. The van der Waals surface area contributed by atoms with Crippen molar-refractivity contribution in [2.75, 3.05) is 26.4 Å². The fourth-order valence-electron chi connectivity index (χ4n) is 16.0. The summed E-state index contributed by atoms with van der Waals surface area (Å²) in [6, 6.07) is -1.00. The number of carbonyl (C=O) groups is 1. The summed E-state index contributed by atoms with van der Waals surface area (Å²) in [7, 11) is 0. The lowest BCUT2D eigenvalue weighted by molar-refractivity contribution is -0.379. The number of nitrogens with one attached hydrogen (secondary N) is 1. The van der Waals surface area contributed by atoms with Crippen molar-refractivity contribution in [3.8, 4) is 0 Å². The van der Waals surface area contributed by atoms with Crippen molar-refractivity contribution in [1.82, 2.24) is 5.32 Å². The number of hydrogen-bond donors (Lipinski definition) is 12. The van der Waals surface area contributed by atoms with Crippen LogP contribution in [0.2, 0.25) is 0 Å². The molecule has 0 aromatic carbocycles. The molecule has 0 spiro atoms. The van der Waals surface area contributed by atoms with Crippen LogP contribution in [0.5, 0.6) is 0 Å². The van der Waals surface area contributed by atoms with E-state index in [0.717, 1.165) is 70.6 Å². The third kappa shape index (κ3) is 54.4. The Balaban J connectivity index is 1.30. The topological polar surface area (TPSA) is 307 Å². The highest BCUT2D eigenvalue weighted by Crippen LogP contribution is 2.34. The Morgan fingerprint density at radius 1 is 0.316 bits per heavy atom. The minimum absolute atomic E-state index is 0.234. The summed E-state index contributed by atoms with van der Waals surface area (Å²) in [5, 5.41) is 121. The van der Waals surface area contributed by atoms with Crippen LogP contribution < -0.4 is 5.32 Å². The minimum Gasteiger partial charge on any atom is -0.394 e. The highest BCUT2D eigenvalue weighted by atomic mass is 16.8. The van der Waals surface area contributed by atoms with Crippen LogP contribution in [-0.4, -0.2) is 193 Å². The number of ether oxygens (including phenoxy) is 6. The van der Waals surface area contributed by atoms with Gasteiger partial charge in [0.25, 0.3) is 0 Å². The monoisotopic (exact) mass is 1660 g/mol. The van der Waals surface area contributed by atoms with E-state index in [0.29, 0.717) is 12.8 Å². The predicted molar refractivity (Wildman–Crippen MR) is 475 cm³/mol. The maximum Gasteiger partial charge on any atom is 0.220 e. The normalized spacial score (nSPS) is 24.7. The Kier molecular flexibility index (Phi) is 70.8. The quantitative estimate of drug-likeness (QED) is 0.0199. The Bertz CT molecular complexity index is 2440. The molecule has 3 aliphatic rings. The fraction of sp³-hybridized carbons (Fsp3) is 0.847. The molecule has 0 radical (unpaired) electrons. The van der Waals surface area contributed by atoms with Crippen molar-refractivity contribution in [3.63, 3.8) is 0 Å². The molecule has 19 heteroatoms. The average Bonchev–Trinajstić information content (AvgIpc) is 0.778. The number of aliphatic hydroxyl groups is 11. The van der Waals surface area contributed by atoms with Crippen LogP contribution in [-0.2, 0) is 33.2 Å². The fourth-order valence-corrected chi connectivity index (χ4v) is 16.0. The largest absolute Gasteiger partial charge is 0.394 e. The molecular formula is C98H177NO18. The highest BCUT2D eigenvalue weighted by Gasteiger charge is 2.54. The second-order valence-electron chi connectivity index (χ2n) is 34.1. The standard InChI is InChI=1S/C98H177NO18/c1-3-5-7-9-11-13-15-17-19-21-23-25-27-29-31-33-35-36-37-38-39-40-41-42-43-44-46-48-50-52-54-56-58-60-62-64-66-68-70-72-74-76-86(104)99-81(82(103)75-73-71-69-67-65-63-61-59-57-55-53-51-49-47-45-34-32-30-28-26-24-22-20-18-16-14-12-10-8-6-4-2)80-112-96-92(110)89(107)94(84(78-101)114-96)117-98-93(111)90(108)95(85(79-102)115-98)116-97-91(109)88(106)87(105)83(77-100)113-97/h5,7,11,13,17,19,23,25,57,59,65,67,73,75,81-85,87-98,100-103,105-111H,3-4,6,8-10,12,14-16,18,20-22,24,26-56,58,60-64,66,68-72,74,76-80H2,1-2H3,(H,99,104)/b7-5-,13-11-,19-17-,25-23-,59-57+,67-65+,75-73+. The van der Waals surface area contributed by atoms with E-state index in [4.69, 9.17) is 28.4 Å². The molecule has 3 fully saturated rings. The van der Waals surface area contributed by atoms with Gasteiger partial charge in [0.1, 0.15) is 73.2 Å². The van der Waals surface area contributed by atoms with Crippen molar-refractivity contribution in [1.29, 1.82) is 0 Å². The van der Waals surface area contributed by atoms with Crippen molar-refractivity contribution in [2.24, 2.45) is 0 Å². The summed E-state index contributed by atoms with van der Waals surface area (Å²) in [5.41, 5.74) is 0. The molecule has 1 amide bonds. The van der Waals surface area contributed by atoms with Gasteiger partial charge in [0.05, 0.1) is 38.6 Å². The first-order valence-electron chi connectivity index (χ1n) is 48.3. The first kappa shape index (κ1) is 108. The minimum atomic E-state index is -1.99. The van der Waals surface area contributed by atoms with Gasteiger partial charge in [0, 0.05) is 6.42 Å². The number of rotatable bonds is 79. The lowest BCUT2D eigenvalue weighted by atomic mass is 9.96. The molecule has 12 N–H and O–H groups in total. The van der Waals surface area contributed by atoms with E-state index in [9.17, 15) is 61.0 Å². The van der Waals surface area contributed by atoms with Crippen LogP contribution in [0, 0.1) is 0 Å². The molecular weight excluding hydrogens is 1480 g/mol. The molecule has 3 rings (SSSR count). The molecule has 0 aromatic rings. The summed E-state index contributed by atoms with van der Waals surface area (Å²) in [4.78, 5) is 13.5. The Morgan fingerprint density at radius 3 is 0.957 bits per heavy atom. The van der Waals surface area contributed by atoms with Gasteiger partial charge in [-0.3, -0.25) is 4.79 Å². The molecule has 3 saturated heterocycles. The molecule has 17 unspecified atom stereocenters. The van der Waals surface area contributed by atoms with Gasteiger partial charge in [-0.15, -0.1) is 0 Å². The summed E-state index contributed by atoms with van der Waals surface area (Å²) in [6.45, 7) is 1.66. The number of carbonyl (C=O) groups excluding carboxylic acids is 1. The maximum atomic E-state index is 13.5. The first-order valence-corrected chi connectivity index (χ1v) is 48.3. The summed E-state index contributed by atoms with van der Waals surface area (Å²) in [6.07, 6.45) is 79.1. The molecule has 3 aliphatic heterocycles. The van der Waals surface area contributed by atoms with E-state index in [1.165, 1.54) is 295 Å².